The summed E-state index contributed by atoms with van der Waals surface area (Å²) in [6, 6.07) is 10.9. The van der Waals surface area contributed by atoms with Crippen molar-refractivity contribution in [3.63, 3.8) is 0 Å². The van der Waals surface area contributed by atoms with Crippen molar-refractivity contribution >= 4 is 0 Å². The molecule has 1 heterocycles. The molecular weight excluding hydrogens is 232 g/mol. The lowest BCUT2D eigenvalue weighted by atomic mass is 9.93. The van der Waals surface area contributed by atoms with E-state index in [1.54, 1.807) is 0 Å². The van der Waals surface area contributed by atoms with E-state index in [-0.39, 0.29) is 0 Å². The van der Waals surface area contributed by atoms with Gasteiger partial charge >= 0.3 is 0 Å². The van der Waals surface area contributed by atoms with Crippen LogP contribution in [0.25, 0.3) is 0 Å². The Morgan fingerprint density at radius 2 is 2.11 bits per heavy atom. The molecule has 1 aliphatic rings. The fourth-order valence-electron chi connectivity index (χ4n) is 3.06. The lowest BCUT2D eigenvalue weighted by Crippen LogP contribution is -2.35. The maximum atomic E-state index is 3.43. The quantitative estimate of drug-likeness (QED) is 0.757. The van der Waals surface area contributed by atoms with E-state index in [2.05, 4.69) is 47.5 Å². The van der Waals surface area contributed by atoms with E-state index in [9.17, 15) is 0 Å². The zero-order valence-electron chi connectivity index (χ0n) is 12.3. The Labute approximate surface area is 118 Å². The molecule has 1 fully saturated rings. The highest BCUT2D eigenvalue weighted by atomic mass is 15.1. The summed E-state index contributed by atoms with van der Waals surface area (Å²) < 4.78 is 0. The molecule has 106 valence electrons. The third-order valence-electron chi connectivity index (χ3n) is 4.07. The zero-order valence-corrected chi connectivity index (χ0v) is 12.3. The molecule has 1 saturated heterocycles. The van der Waals surface area contributed by atoms with Crippen LogP contribution in [0.1, 0.15) is 38.2 Å². The lowest BCUT2D eigenvalue weighted by Gasteiger charge is -2.32. The molecule has 0 aromatic heterocycles. The summed E-state index contributed by atoms with van der Waals surface area (Å²) in [5.74, 6) is 0.913. The molecule has 0 spiro atoms. The number of benzene rings is 1. The highest BCUT2D eigenvalue weighted by Gasteiger charge is 2.19. The predicted molar refractivity (Wildman–Crippen MR) is 82.2 cm³/mol. The van der Waals surface area contributed by atoms with Crippen molar-refractivity contribution in [2.75, 3.05) is 26.2 Å². The van der Waals surface area contributed by atoms with Crippen molar-refractivity contribution in [1.82, 2.24) is 10.2 Å². The van der Waals surface area contributed by atoms with Crippen LogP contribution in [0.4, 0.5) is 0 Å². The van der Waals surface area contributed by atoms with Gasteiger partial charge in [-0.3, -0.25) is 4.90 Å². The van der Waals surface area contributed by atoms with Crippen molar-refractivity contribution in [2.45, 2.75) is 39.2 Å². The lowest BCUT2D eigenvalue weighted by molar-refractivity contribution is 0.160. The summed E-state index contributed by atoms with van der Waals surface area (Å²) in [4.78, 5) is 2.64. The van der Waals surface area contributed by atoms with Gasteiger partial charge in [0.25, 0.3) is 0 Å². The summed E-state index contributed by atoms with van der Waals surface area (Å²) >= 11 is 0. The molecule has 2 nitrogen and oxygen atoms in total. The Morgan fingerprint density at radius 1 is 1.26 bits per heavy atom. The third kappa shape index (κ3) is 5.33. The van der Waals surface area contributed by atoms with Gasteiger partial charge in [0.15, 0.2) is 0 Å². The number of nitrogens with one attached hydrogen (secondary N) is 1. The monoisotopic (exact) mass is 260 g/mol. The highest BCUT2D eigenvalue weighted by Crippen LogP contribution is 2.22. The van der Waals surface area contributed by atoms with Gasteiger partial charge < -0.3 is 5.32 Å². The summed E-state index contributed by atoms with van der Waals surface area (Å²) in [6.07, 6.45) is 5.52. The van der Waals surface area contributed by atoms with Crippen LogP contribution in [0.15, 0.2) is 30.3 Å². The summed E-state index contributed by atoms with van der Waals surface area (Å²) in [5, 5.41) is 3.43. The molecule has 19 heavy (non-hydrogen) atoms. The standard InChI is InChI=1S/C17H28N2/c1-2-18-12-6-10-17-11-7-13-19(15-17)14-16-8-4-3-5-9-16/h3-5,8-9,17-18H,2,6-7,10-15H2,1H3. The number of hydrogen-bond acceptors (Lipinski definition) is 2. The van der Waals surface area contributed by atoms with Gasteiger partial charge in [-0.15, -0.1) is 0 Å². The fraction of sp³-hybridized carbons (Fsp3) is 0.647. The largest absolute Gasteiger partial charge is 0.317 e. The van der Waals surface area contributed by atoms with Crippen molar-refractivity contribution in [1.29, 1.82) is 0 Å². The average molecular weight is 260 g/mol. The SMILES string of the molecule is CCNCCCC1CCCN(Cc2ccccc2)C1. The van der Waals surface area contributed by atoms with Crippen molar-refractivity contribution in [2.24, 2.45) is 5.92 Å². The van der Waals surface area contributed by atoms with Crippen molar-refractivity contribution < 1.29 is 0 Å². The van der Waals surface area contributed by atoms with Crippen LogP contribution in [-0.2, 0) is 6.54 Å². The average Bonchev–Trinajstić information content (AvgIpc) is 2.45. The topological polar surface area (TPSA) is 15.3 Å². The highest BCUT2D eigenvalue weighted by molar-refractivity contribution is 5.14. The van der Waals surface area contributed by atoms with E-state index in [4.69, 9.17) is 0 Å². The van der Waals surface area contributed by atoms with Crippen LogP contribution >= 0.6 is 0 Å². The van der Waals surface area contributed by atoms with Gasteiger partial charge in [-0.25, -0.2) is 0 Å². The minimum atomic E-state index is 0.913. The second-order valence-electron chi connectivity index (χ2n) is 5.72. The summed E-state index contributed by atoms with van der Waals surface area (Å²) in [5.41, 5.74) is 1.45. The number of hydrogen-bond donors (Lipinski definition) is 1. The van der Waals surface area contributed by atoms with E-state index in [1.807, 2.05) is 0 Å². The summed E-state index contributed by atoms with van der Waals surface area (Å²) in [6.45, 7) is 8.17. The summed E-state index contributed by atoms with van der Waals surface area (Å²) in [7, 11) is 0. The Hall–Kier alpha value is -0.860. The predicted octanol–water partition coefficient (Wildman–Crippen LogP) is 3.29. The molecule has 2 heteroatoms. The first kappa shape index (κ1) is 14.5. The molecule has 1 aromatic carbocycles. The molecular formula is C17H28N2. The normalized spacial score (nSPS) is 20.6. The molecule has 0 radical (unpaired) electrons. The van der Waals surface area contributed by atoms with Gasteiger partial charge in [0.1, 0.15) is 0 Å². The molecule has 0 bridgehead atoms. The van der Waals surface area contributed by atoms with Crippen LogP contribution in [0.5, 0.6) is 0 Å². The number of nitrogens with zero attached hydrogens (tertiary/aromatic N) is 1. The van der Waals surface area contributed by atoms with E-state index < -0.39 is 0 Å². The smallest absolute Gasteiger partial charge is 0.0233 e. The van der Waals surface area contributed by atoms with Crippen molar-refractivity contribution in [3.8, 4) is 0 Å². The molecule has 1 aliphatic heterocycles. The molecule has 0 saturated carbocycles. The fourth-order valence-corrected chi connectivity index (χ4v) is 3.06. The molecule has 1 unspecified atom stereocenters. The zero-order chi connectivity index (χ0) is 13.3. The van der Waals surface area contributed by atoms with Crippen molar-refractivity contribution in [3.05, 3.63) is 35.9 Å². The van der Waals surface area contributed by atoms with Gasteiger partial charge in [-0.05, 0) is 56.8 Å². The molecule has 1 N–H and O–H groups in total. The Bertz CT molecular complexity index is 336. The van der Waals surface area contributed by atoms with E-state index in [0.717, 1.165) is 19.0 Å². The first-order chi connectivity index (χ1) is 9.38. The van der Waals surface area contributed by atoms with Crippen LogP contribution in [-0.4, -0.2) is 31.1 Å². The van der Waals surface area contributed by atoms with Gasteiger partial charge in [0.05, 0.1) is 0 Å². The second kappa shape index (κ2) is 8.34. The Morgan fingerprint density at radius 3 is 2.89 bits per heavy atom. The van der Waals surface area contributed by atoms with Gasteiger partial charge in [-0.1, -0.05) is 37.3 Å². The molecule has 1 aromatic rings. The number of rotatable bonds is 7. The minimum absolute atomic E-state index is 0.913. The van der Waals surface area contributed by atoms with Gasteiger partial charge in [0, 0.05) is 13.1 Å². The number of likely N-dealkylation sites (tertiary alicyclic amines) is 1. The molecule has 0 amide bonds. The van der Waals surface area contributed by atoms with E-state index in [1.165, 1.54) is 50.9 Å². The van der Waals surface area contributed by atoms with Crippen LogP contribution in [0, 0.1) is 5.92 Å². The van der Waals surface area contributed by atoms with Gasteiger partial charge in [-0.2, -0.15) is 0 Å². The second-order valence-corrected chi connectivity index (χ2v) is 5.72. The van der Waals surface area contributed by atoms with Gasteiger partial charge in [0.2, 0.25) is 0 Å². The maximum absolute atomic E-state index is 3.43. The van der Waals surface area contributed by atoms with E-state index >= 15 is 0 Å². The molecule has 2 rings (SSSR count). The van der Waals surface area contributed by atoms with Crippen LogP contribution in [0.3, 0.4) is 0 Å². The Kier molecular flexibility index (Phi) is 6.38. The van der Waals surface area contributed by atoms with Crippen LogP contribution in [0.2, 0.25) is 0 Å². The maximum Gasteiger partial charge on any atom is 0.0233 e. The third-order valence-corrected chi connectivity index (χ3v) is 4.07. The molecule has 0 aliphatic carbocycles. The van der Waals surface area contributed by atoms with Crippen LogP contribution < -0.4 is 5.32 Å². The number of piperidine rings is 1. The molecule has 1 atom stereocenters. The Balaban J connectivity index is 1.71. The van der Waals surface area contributed by atoms with E-state index in [0.29, 0.717) is 0 Å². The first-order valence-corrected chi connectivity index (χ1v) is 7.85. The minimum Gasteiger partial charge on any atom is -0.317 e. The first-order valence-electron chi connectivity index (χ1n) is 7.85.